The lowest BCUT2D eigenvalue weighted by molar-refractivity contribution is -0.152. The van der Waals surface area contributed by atoms with Gasteiger partial charge in [0.25, 0.3) is 5.91 Å². The third-order valence-electron chi connectivity index (χ3n) is 5.43. The van der Waals surface area contributed by atoms with Crippen LogP contribution in [0.2, 0.25) is 0 Å². The van der Waals surface area contributed by atoms with Gasteiger partial charge in [0.2, 0.25) is 5.76 Å². The molecule has 0 aliphatic carbocycles. The largest absolute Gasteiger partial charge is 0.493 e. The van der Waals surface area contributed by atoms with Crippen molar-refractivity contribution in [3.05, 3.63) is 58.7 Å². The van der Waals surface area contributed by atoms with E-state index in [9.17, 15) is 27.6 Å². The lowest BCUT2D eigenvalue weighted by Crippen LogP contribution is -2.42. The van der Waals surface area contributed by atoms with E-state index in [1.807, 2.05) is 0 Å². The molecule has 1 amide bonds. The second-order valence-corrected chi connectivity index (χ2v) is 8.48. The Morgan fingerprint density at radius 1 is 1.05 bits per heavy atom. The SMILES string of the molecule is C=N/C(C(=O)N[C@@H](C)C(=O)O[C@H](C)[C@H](C)c1ccccc1C(F)(F)F)=C(OC(=O)C(C)C)\C(=C/C)OC. The van der Waals surface area contributed by atoms with Gasteiger partial charge in [-0.15, -0.1) is 0 Å². The summed E-state index contributed by atoms with van der Waals surface area (Å²) in [5, 5.41) is 2.38. The highest BCUT2D eigenvalue weighted by Gasteiger charge is 2.36. The summed E-state index contributed by atoms with van der Waals surface area (Å²) in [6.45, 7) is 12.4. The number of ether oxygens (including phenoxy) is 3. The minimum atomic E-state index is -4.57. The predicted molar refractivity (Wildman–Crippen MR) is 131 cm³/mol. The molecule has 0 bridgehead atoms. The van der Waals surface area contributed by atoms with Gasteiger partial charge in [-0.1, -0.05) is 39.0 Å². The van der Waals surface area contributed by atoms with E-state index < -0.39 is 59.3 Å². The van der Waals surface area contributed by atoms with Crippen LogP contribution in [-0.4, -0.2) is 43.8 Å². The zero-order valence-corrected chi connectivity index (χ0v) is 21.9. The number of allylic oxidation sites excluding steroid dienone is 1. The average molecular weight is 527 g/mol. The first-order chi connectivity index (χ1) is 17.2. The number of halogens is 3. The van der Waals surface area contributed by atoms with Crippen molar-refractivity contribution >= 4 is 24.6 Å². The summed E-state index contributed by atoms with van der Waals surface area (Å²) in [5.74, 6) is -4.04. The first-order valence-corrected chi connectivity index (χ1v) is 11.5. The Bertz CT molecular complexity index is 1060. The molecule has 0 saturated heterocycles. The van der Waals surface area contributed by atoms with Crippen LogP contribution in [0.3, 0.4) is 0 Å². The summed E-state index contributed by atoms with van der Waals surface area (Å²) in [4.78, 5) is 41.4. The zero-order chi connectivity index (χ0) is 28.5. The maximum atomic E-state index is 13.4. The molecule has 0 aliphatic heterocycles. The smallest absolute Gasteiger partial charge is 0.416 e. The van der Waals surface area contributed by atoms with Gasteiger partial charge >= 0.3 is 18.1 Å². The number of methoxy groups -OCH3 is 1. The molecule has 8 nitrogen and oxygen atoms in total. The molecule has 0 aliphatic rings. The van der Waals surface area contributed by atoms with Gasteiger partial charge in [-0.2, -0.15) is 13.2 Å². The van der Waals surface area contributed by atoms with E-state index in [0.717, 1.165) is 6.07 Å². The van der Waals surface area contributed by atoms with E-state index >= 15 is 0 Å². The molecule has 0 aromatic heterocycles. The molecule has 0 spiro atoms. The fourth-order valence-electron chi connectivity index (χ4n) is 3.14. The van der Waals surface area contributed by atoms with Gasteiger partial charge in [0, 0.05) is 5.92 Å². The summed E-state index contributed by atoms with van der Waals surface area (Å²) in [5.41, 5.74) is -1.26. The topological polar surface area (TPSA) is 103 Å². The summed E-state index contributed by atoms with van der Waals surface area (Å²) in [6.07, 6.45) is -4.07. The van der Waals surface area contributed by atoms with E-state index in [2.05, 4.69) is 17.0 Å². The van der Waals surface area contributed by atoms with Gasteiger partial charge in [-0.25, -0.2) is 4.79 Å². The van der Waals surface area contributed by atoms with Crippen molar-refractivity contribution in [1.29, 1.82) is 0 Å². The van der Waals surface area contributed by atoms with Crippen LogP contribution in [-0.2, 0) is 34.8 Å². The molecule has 37 heavy (non-hydrogen) atoms. The predicted octanol–water partition coefficient (Wildman–Crippen LogP) is 4.91. The molecule has 11 heteroatoms. The molecule has 0 radical (unpaired) electrons. The highest BCUT2D eigenvalue weighted by atomic mass is 19.4. The van der Waals surface area contributed by atoms with Gasteiger partial charge in [-0.05, 0) is 45.2 Å². The van der Waals surface area contributed by atoms with E-state index in [1.54, 1.807) is 20.8 Å². The fourth-order valence-corrected chi connectivity index (χ4v) is 3.14. The first kappa shape index (κ1) is 31.4. The normalized spacial score (nSPS) is 15.2. The summed E-state index contributed by atoms with van der Waals surface area (Å²) in [6, 6.07) is 3.81. The number of carbonyl (C=O) groups is 3. The van der Waals surface area contributed by atoms with Crippen molar-refractivity contribution in [2.75, 3.05) is 7.11 Å². The molecule has 0 fully saturated rings. The standard InChI is InChI=1S/C26H33F3N2O6/c1-9-20(35-8)22(37-24(33)14(2)3)21(30-7)23(32)31-16(5)25(34)36-17(6)15(4)18-12-10-11-13-19(18)26(27,28)29/h9-17H,7H2,1-6,8H3,(H,31,32)/b20-9+,22-21+/t15-,16-,17+/m0/s1. The van der Waals surface area contributed by atoms with Crippen molar-refractivity contribution in [2.24, 2.45) is 10.9 Å². The first-order valence-electron chi connectivity index (χ1n) is 11.5. The number of rotatable bonds is 11. The summed E-state index contributed by atoms with van der Waals surface area (Å²) < 4.78 is 56.0. The number of amides is 1. The molecule has 3 atom stereocenters. The maximum absolute atomic E-state index is 13.4. The third-order valence-corrected chi connectivity index (χ3v) is 5.43. The molecule has 204 valence electrons. The number of benzene rings is 1. The van der Waals surface area contributed by atoms with Crippen LogP contribution in [0.4, 0.5) is 13.2 Å². The van der Waals surface area contributed by atoms with Crippen molar-refractivity contribution in [2.45, 2.75) is 65.8 Å². The second-order valence-electron chi connectivity index (χ2n) is 8.48. The van der Waals surface area contributed by atoms with Gasteiger partial charge in [0.1, 0.15) is 12.1 Å². The maximum Gasteiger partial charge on any atom is 0.416 e. The minimum absolute atomic E-state index is 0.0249. The van der Waals surface area contributed by atoms with Crippen LogP contribution in [0.15, 0.2) is 52.5 Å². The van der Waals surface area contributed by atoms with E-state index in [4.69, 9.17) is 14.2 Å². The van der Waals surface area contributed by atoms with Gasteiger partial charge < -0.3 is 19.5 Å². The monoisotopic (exact) mass is 526 g/mol. The average Bonchev–Trinajstić information content (AvgIpc) is 2.83. The van der Waals surface area contributed by atoms with Gasteiger partial charge in [0.05, 0.1) is 18.6 Å². The number of esters is 2. The van der Waals surface area contributed by atoms with E-state index in [-0.39, 0.29) is 17.1 Å². The van der Waals surface area contributed by atoms with Crippen molar-refractivity contribution in [1.82, 2.24) is 5.32 Å². The van der Waals surface area contributed by atoms with Crippen LogP contribution in [0, 0.1) is 5.92 Å². The Balaban J connectivity index is 3.11. The number of hydrogen-bond donors (Lipinski definition) is 1. The molecule has 1 aromatic rings. The number of alkyl halides is 3. The molecule has 1 N–H and O–H groups in total. The number of carbonyl (C=O) groups excluding carboxylic acids is 3. The van der Waals surface area contributed by atoms with Gasteiger partial charge in [-0.3, -0.25) is 14.6 Å². The molecule has 1 rings (SSSR count). The molecule has 0 saturated carbocycles. The quantitative estimate of drug-likeness (QED) is 0.145. The van der Waals surface area contributed by atoms with Crippen molar-refractivity contribution in [3.8, 4) is 0 Å². The molecule has 0 heterocycles. The van der Waals surface area contributed by atoms with Crippen LogP contribution in [0.1, 0.15) is 58.6 Å². The second kappa shape index (κ2) is 13.6. The van der Waals surface area contributed by atoms with E-state index in [0.29, 0.717) is 0 Å². The van der Waals surface area contributed by atoms with Crippen LogP contribution >= 0.6 is 0 Å². The van der Waals surface area contributed by atoms with Gasteiger partial charge in [0.15, 0.2) is 11.5 Å². The highest BCUT2D eigenvalue weighted by Crippen LogP contribution is 2.36. The Morgan fingerprint density at radius 3 is 2.14 bits per heavy atom. The Morgan fingerprint density at radius 2 is 1.65 bits per heavy atom. The molecular formula is C26H33F3N2O6. The number of hydrogen-bond acceptors (Lipinski definition) is 7. The minimum Gasteiger partial charge on any atom is -0.493 e. The number of aliphatic imine (C=N–C) groups is 1. The fraction of sp³-hybridized carbons (Fsp3) is 0.462. The Kier molecular flexibility index (Phi) is 11.6. The van der Waals surface area contributed by atoms with Crippen LogP contribution in [0.5, 0.6) is 0 Å². The Labute approximate surface area is 214 Å². The molecular weight excluding hydrogens is 493 g/mol. The number of nitrogens with zero attached hydrogens (tertiary/aromatic N) is 1. The van der Waals surface area contributed by atoms with Crippen molar-refractivity contribution < 1.29 is 41.8 Å². The highest BCUT2D eigenvalue weighted by molar-refractivity contribution is 5.97. The lowest BCUT2D eigenvalue weighted by atomic mass is 9.91. The van der Waals surface area contributed by atoms with Crippen LogP contribution in [0.25, 0.3) is 0 Å². The summed E-state index contributed by atoms with van der Waals surface area (Å²) in [7, 11) is 1.30. The van der Waals surface area contributed by atoms with Crippen LogP contribution < -0.4 is 5.32 Å². The molecule has 1 aromatic carbocycles. The summed E-state index contributed by atoms with van der Waals surface area (Å²) >= 11 is 0. The Hall–Kier alpha value is -3.63. The van der Waals surface area contributed by atoms with Crippen molar-refractivity contribution in [3.63, 3.8) is 0 Å². The third kappa shape index (κ3) is 8.47. The lowest BCUT2D eigenvalue weighted by Gasteiger charge is -2.25. The zero-order valence-electron chi connectivity index (χ0n) is 21.9. The number of nitrogens with one attached hydrogen (secondary N) is 1. The molecule has 0 unspecified atom stereocenters. The van der Waals surface area contributed by atoms with E-state index in [1.165, 1.54) is 52.2 Å².